The highest BCUT2D eigenvalue weighted by molar-refractivity contribution is 7.90. The van der Waals surface area contributed by atoms with Gasteiger partial charge in [0.2, 0.25) is 15.0 Å². The van der Waals surface area contributed by atoms with Crippen LogP contribution in [0.4, 0.5) is 0 Å². The number of amides is 1. The zero-order valence-corrected chi connectivity index (χ0v) is 15.2. The Bertz CT molecular complexity index is 857. The lowest BCUT2D eigenvalue weighted by molar-refractivity contribution is 0.0895. The Labute approximate surface area is 142 Å². The quantitative estimate of drug-likeness (QED) is 0.813. The van der Waals surface area contributed by atoms with Crippen molar-refractivity contribution in [2.45, 2.75) is 37.9 Å². The first kappa shape index (κ1) is 18.4. The fourth-order valence-corrected chi connectivity index (χ4v) is 3.63. The first-order valence-electron chi connectivity index (χ1n) is 7.77. The molecule has 0 bridgehead atoms. The summed E-state index contributed by atoms with van der Waals surface area (Å²) in [6.07, 6.45) is 3.35. The topological polar surface area (TPSA) is 107 Å². The zero-order valence-electron chi connectivity index (χ0n) is 14.4. The van der Waals surface area contributed by atoms with Gasteiger partial charge in [0.05, 0.1) is 11.1 Å². The lowest BCUT2D eigenvalue weighted by Crippen LogP contribution is -2.52. The summed E-state index contributed by atoms with van der Waals surface area (Å²) in [6.45, 7) is 6.25. The summed E-state index contributed by atoms with van der Waals surface area (Å²) >= 11 is 0. The molecule has 0 aromatic carbocycles. The molecule has 1 unspecified atom stereocenters. The zero-order chi connectivity index (χ0) is 18.1. The van der Waals surface area contributed by atoms with Crippen molar-refractivity contribution < 1.29 is 13.2 Å². The third-order valence-corrected chi connectivity index (χ3v) is 4.74. The van der Waals surface area contributed by atoms with E-state index in [1.54, 1.807) is 24.4 Å². The second-order valence-electron chi connectivity index (χ2n) is 6.79. The number of hydrogen-bond donors (Lipinski definition) is 2. The molecular weight excluding hydrogens is 328 g/mol. The van der Waals surface area contributed by atoms with Crippen LogP contribution in [0, 0.1) is 5.92 Å². The van der Waals surface area contributed by atoms with E-state index in [1.807, 2.05) is 20.8 Å². The third-order valence-electron chi connectivity index (χ3n) is 3.79. The number of nitrogens with one attached hydrogen (secondary N) is 1. The number of fused-ring (bicyclic) bond motifs is 1. The molecule has 2 heterocycles. The highest BCUT2D eigenvalue weighted by Crippen LogP contribution is 2.20. The van der Waals surface area contributed by atoms with E-state index < -0.39 is 21.3 Å². The van der Waals surface area contributed by atoms with Crippen molar-refractivity contribution in [1.29, 1.82) is 0 Å². The van der Waals surface area contributed by atoms with E-state index in [0.717, 1.165) is 6.26 Å². The molecule has 0 aliphatic rings. The maximum Gasteiger partial charge on any atom is 0.272 e. The van der Waals surface area contributed by atoms with Crippen molar-refractivity contribution in [3.8, 4) is 0 Å². The Hall–Kier alpha value is -1.93. The monoisotopic (exact) mass is 352 g/mol. The first-order chi connectivity index (χ1) is 11.1. The lowest BCUT2D eigenvalue weighted by Gasteiger charge is -2.30. The van der Waals surface area contributed by atoms with Gasteiger partial charge in [-0.15, -0.1) is 0 Å². The van der Waals surface area contributed by atoms with E-state index in [0.29, 0.717) is 17.9 Å². The maximum atomic E-state index is 12.7. The molecular formula is C16H24N4O3S. The second-order valence-corrected chi connectivity index (χ2v) is 8.70. The smallest absolute Gasteiger partial charge is 0.272 e. The van der Waals surface area contributed by atoms with Gasteiger partial charge < -0.3 is 11.1 Å². The lowest BCUT2D eigenvalue weighted by atomic mass is 9.90. The van der Waals surface area contributed by atoms with E-state index in [-0.39, 0.29) is 17.4 Å². The summed E-state index contributed by atoms with van der Waals surface area (Å²) in [6, 6.07) is 5.09. The van der Waals surface area contributed by atoms with Gasteiger partial charge in [0.25, 0.3) is 5.91 Å². The van der Waals surface area contributed by atoms with Crippen LogP contribution in [0.25, 0.3) is 5.52 Å². The van der Waals surface area contributed by atoms with Crippen LogP contribution in [0.2, 0.25) is 0 Å². The molecule has 0 saturated heterocycles. The summed E-state index contributed by atoms with van der Waals surface area (Å²) < 4.78 is 25.3. The highest BCUT2D eigenvalue weighted by atomic mass is 32.2. The van der Waals surface area contributed by atoms with Crippen molar-refractivity contribution in [2.24, 2.45) is 11.7 Å². The summed E-state index contributed by atoms with van der Waals surface area (Å²) in [4.78, 5) is 16.8. The number of rotatable bonds is 6. The van der Waals surface area contributed by atoms with Crippen molar-refractivity contribution in [3.05, 3.63) is 30.1 Å². The molecule has 2 aromatic heterocycles. The molecule has 3 N–H and O–H groups in total. The summed E-state index contributed by atoms with van der Waals surface area (Å²) in [5, 5.41) is 2.76. The number of nitrogens with two attached hydrogens (primary N) is 1. The average molecular weight is 352 g/mol. The molecule has 7 nitrogen and oxygen atoms in total. The van der Waals surface area contributed by atoms with Crippen LogP contribution in [0.3, 0.4) is 0 Å². The fraction of sp³-hybridized carbons (Fsp3) is 0.500. The van der Waals surface area contributed by atoms with E-state index in [9.17, 15) is 13.2 Å². The third kappa shape index (κ3) is 3.76. The minimum Gasteiger partial charge on any atom is -0.344 e. The molecule has 1 amide bonds. The molecule has 8 heteroatoms. The predicted octanol–water partition coefficient (Wildman–Crippen LogP) is 1.23. The van der Waals surface area contributed by atoms with Crippen LogP contribution in [0.15, 0.2) is 29.6 Å². The predicted molar refractivity (Wildman–Crippen MR) is 92.7 cm³/mol. The van der Waals surface area contributed by atoms with Gasteiger partial charge in [0.1, 0.15) is 0 Å². The van der Waals surface area contributed by atoms with Gasteiger partial charge in [-0.2, -0.15) is 0 Å². The molecule has 2 aromatic rings. The summed E-state index contributed by atoms with van der Waals surface area (Å²) in [5.74, 6) is -0.0774. The van der Waals surface area contributed by atoms with Crippen LogP contribution < -0.4 is 11.1 Å². The van der Waals surface area contributed by atoms with Crippen LogP contribution >= 0.6 is 0 Å². The average Bonchev–Trinajstić information content (AvgIpc) is 2.86. The van der Waals surface area contributed by atoms with Crippen LogP contribution in [0.5, 0.6) is 0 Å². The van der Waals surface area contributed by atoms with Crippen LogP contribution in [-0.2, 0) is 9.84 Å². The van der Waals surface area contributed by atoms with Crippen molar-refractivity contribution in [1.82, 2.24) is 14.7 Å². The van der Waals surface area contributed by atoms with Gasteiger partial charge in [0, 0.05) is 19.0 Å². The van der Waals surface area contributed by atoms with E-state index >= 15 is 0 Å². The number of sulfone groups is 1. The number of pyridine rings is 1. The molecule has 0 spiro atoms. The number of imidazole rings is 1. The highest BCUT2D eigenvalue weighted by Gasteiger charge is 2.29. The summed E-state index contributed by atoms with van der Waals surface area (Å²) in [7, 11) is -3.56. The molecule has 0 radical (unpaired) electrons. The second kappa shape index (κ2) is 6.52. The Morgan fingerprint density at radius 3 is 2.62 bits per heavy atom. The van der Waals surface area contributed by atoms with Gasteiger partial charge in [-0.25, -0.2) is 13.4 Å². The fourth-order valence-electron chi connectivity index (χ4n) is 2.86. The molecule has 132 valence electrons. The number of hydrogen-bond acceptors (Lipinski definition) is 5. The van der Waals surface area contributed by atoms with E-state index in [2.05, 4.69) is 10.3 Å². The number of carbonyl (C=O) groups excluding carboxylic acids is 1. The van der Waals surface area contributed by atoms with Gasteiger partial charge in [-0.05, 0) is 31.4 Å². The van der Waals surface area contributed by atoms with Crippen molar-refractivity contribution in [3.63, 3.8) is 0 Å². The van der Waals surface area contributed by atoms with Gasteiger partial charge >= 0.3 is 0 Å². The SMILES string of the molecule is CC(C)CC(C)(CN)NC(=O)c1nc(S(C)(=O)=O)n2ccccc12. The standard InChI is InChI=1S/C16H24N4O3S/c1-11(2)9-16(3,10-17)19-14(21)13-12-7-5-6-8-20(12)15(18-13)24(4,22)23/h5-8,11H,9-10,17H2,1-4H3,(H,19,21). The number of nitrogens with zero attached hydrogens (tertiary/aromatic N) is 2. The Kier molecular flexibility index (Phi) is 5.00. The molecule has 0 saturated carbocycles. The van der Waals surface area contributed by atoms with Crippen LogP contribution in [0.1, 0.15) is 37.7 Å². The molecule has 24 heavy (non-hydrogen) atoms. The maximum absolute atomic E-state index is 12.7. The molecule has 0 aliphatic carbocycles. The molecule has 0 aliphatic heterocycles. The molecule has 2 rings (SSSR count). The van der Waals surface area contributed by atoms with Gasteiger partial charge in [0.15, 0.2) is 5.69 Å². The Morgan fingerprint density at radius 1 is 1.42 bits per heavy atom. The Balaban J connectivity index is 2.47. The first-order valence-corrected chi connectivity index (χ1v) is 9.66. The van der Waals surface area contributed by atoms with Gasteiger partial charge in [-0.1, -0.05) is 19.9 Å². The Morgan fingerprint density at radius 2 is 2.08 bits per heavy atom. The summed E-state index contributed by atoms with van der Waals surface area (Å²) in [5.41, 5.74) is 5.78. The minimum atomic E-state index is -3.56. The van der Waals surface area contributed by atoms with E-state index in [4.69, 9.17) is 5.73 Å². The van der Waals surface area contributed by atoms with E-state index in [1.165, 1.54) is 4.40 Å². The normalized spacial score (nSPS) is 14.8. The molecule has 1 atom stereocenters. The number of carbonyl (C=O) groups is 1. The van der Waals surface area contributed by atoms with Gasteiger partial charge in [-0.3, -0.25) is 9.20 Å². The minimum absolute atomic E-state index is 0.0828. The number of aromatic nitrogens is 2. The largest absolute Gasteiger partial charge is 0.344 e. The van der Waals surface area contributed by atoms with Crippen molar-refractivity contribution >= 4 is 21.3 Å². The molecule has 0 fully saturated rings. The van der Waals surface area contributed by atoms with Crippen molar-refractivity contribution in [2.75, 3.05) is 12.8 Å². The van der Waals surface area contributed by atoms with Crippen LogP contribution in [-0.4, -0.2) is 42.0 Å².